The van der Waals surface area contributed by atoms with Crippen LogP contribution >= 0.6 is 0 Å². The van der Waals surface area contributed by atoms with Crippen LogP contribution in [-0.2, 0) is 0 Å². The van der Waals surface area contributed by atoms with Crippen molar-refractivity contribution in [2.75, 3.05) is 20.2 Å². The highest BCUT2D eigenvalue weighted by Gasteiger charge is 2.34. The van der Waals surface area contributed by atoms with Crippen molar-refractivity contribution in [3.63, 3.8) is 0 Å². The fraction of sp³-hybridized carbons (Fsp3) is 0.278. The lowest BCUT2D eigenvalue weighted by Crippen LogP contribution is -2.57. The van der Waals surface area contributed by atoms with Crippen molar-refractivity contribution in [3.8, 4) is 11.5 Å². The molecule has 8 heteroatoms. The number of nitrogens with zero attached hydrogens (tertiary/aromatic N) is 3. The van der Waals surface area contributed by atoms with E-state index in [4.69, 9.17) is 9.47 Å². The summed E-state index contributed by atoms with van der Waals surface area (Å²) < 4.78 is 12.3. The maximum atomic E-state index is 12.6. The lowest BCUT2D eigenvalue weighted by molar-refractivity contribution is 0.0175. The minimum atomic E-state index is -0.398. The number of carbonyl (C=O) groups is 1. The van der Waals surface area contributed by atoms with Gasteiger partial charge in [0.05, 0.1) is 20.2 Å². The van der Waals surface area contributed by atoms with E-state index in [1.54, 1.807) is 24.1 Å². The molecule has 26 heavy (non-hydrogen) atoms. The predicted molar refractivity (Wildman–Crippen MR) is 93.9 cm³/mol. The van der Waals surface area contributed by atoms with Crippen LogP contribution in [0.5, 0.6) is 11.5 Å². The number of fused-ring (bicyclic) bond motifs is 1. The third-order valence-corrected chi connectivity index (χ3v) is 4.33. The molecule has 3 heterocycles. The Morgan fingerprint density at radius 3 is 2.81 bits per heavy atom. The molecule has 3 aromatic rings. The molecule has 1 saturated heterocycles. The van der Waals surface area contributed by atoms with Crippen LogP contribution in [0.2, 0.25) is 0 Å². The number of hydrogen-bond donors (Lipinski definition) is 1. The second-order valence-electron chi connectivity index (χ2n) is 6.24. The second-order valence-corrected chi connectivity index (χ2v) is 6.24. The normalized spacial score (nSPS) is 14.3. The van der Waals surface area contributed by atoms with Gasteiger partial charge in [-0.1, -0.05) is 6.07 Å². The molecule has 0 radical (unpaired) electrons. The van der Waals surface area contributed by atoms with Crippen LogP contribution in [0.4, 0.5) is 0 Å². The van der Waals surface area contributed by atoms with Gasteiger partial charge in [0.15, 0.2) is 5.65 Å². The Morgan fingerprint density at radius 2 is 2.04 bits per heavy atom. The Hall–Kier alpha value is -3.29. The van der Waals surface area contributed by atoms with Crippen molar-refractivity contribution in [1.82, 2.24) is 19.5 Å². The maximum absolute atomic E-state index is 12.6. The topological polar surface area (TPSA) is 88.9 Å². The molecule has 1 aliphatic rings. The molecule has 0 unspecified atom stereocenters. The molecule has 4 rings (SSSR count). The number of amides is 1. The smallest absolute Gasteiger partial charge is 0.285 e. The number of H-pyrrole nitrogens is 1. The van der Waals surface area contributed by atoms with Crippen LogP contribution < -0.4 is 15.0 Å². The van der Waals surface area contributed by atoms with Crippen molar-refractivity contribution in [2.45, 2.75) is 13.0 Å². The number of hydrogen-bond acceptors (Lipinski definition) is 5. The number of aryl methyl sites for hydroxylation is 1. The molecule has 8 nitrogen and oxygen atoms in total. The SMILES string of the molecule is COc1cccc(OC2CN(C(=O)c3cnc4cc(C)[nH]n4c3=O)C2)c1. The molecule has 2 aromatic heterocycles. The summed E-state index contributed by atoms with van der Waals surface area (Å²) in [5.74, 6) is 1.06. The molecule has 0 spiro atoms. The first kappa shape index (κ1) is 16.2. The fourth-order valence-electron chi connectivity index (χ4n) is 2.94. The van der Waals surface area contributed by atoms with Gasteiger partial charge in [-0.15, -0.1) is 0 Å². The molecule has 134 valence electrons. The molecule has 1 fully saturated rings. The fourth-order valence-corrected chi connectivity index (χ4v) is 2.94. The summed E-state index contributed by atoms with van der Waals surface area (Å²) in [4.78, 5) is 30.8. The number of nitrogens with one attached hydrogen (secondary N) is 1. The molecule has 1 aromatic carbocycles. The average molecular weight is 354 g/mol. The molecule has 0 bridgehead atoms. The van der Waals surface area contributed by atoms with E-state index in [2.05, 4.69) is 10.1 Å². The number of carbonyl (C=O) groups excluding carboxylic acids is 1. The van der Waals surface area contributed by atoms with Gasteiger partial charge in [0.1, 0.15) is 23.2 Å². The van der Waals surface area contributed by atoms with E-state index >= 15 is 0 Å². The number of methoxy groups -OCH3 is 1. The highest BCUT2D eigenvalue weighted by molar-refractivity contribution is 5.94. The van der Waals surface area contributed by atoms with Crippen molar-refractivity contribution in [1.29, 1.82) is 0 Å². The van der Waals surface area contributed by atoms with Crippen molar-refractivity contribution in [3.05, 3.63) is 58.1 Å². The standard InChI is InChI=1S/C18H18N4O4/c1-11-6-16-19-8-15(18(24)22(16)20-11)17(23)21-9-14(10-21)26-13-5-3-4-12(7-13)25-2/h3-8,14,20H,9-10H2,1-2H3. The lowest BCUT2D eigenvalue weighted by atomic mass is 10.1. The largest absolute Gasteiger partial charge is 0.497 e. The van der Waals surface area contributed by atoms with Gasteiger partial charge in [0.25, 0.3) is 11.5 Å². The highest BCUT2D eigenvalue weighted by Crippen LogP contribution is 2.23. The van der Waals surface area contributed by atoms with Gasteiger partial charge in [-0.25, -0.2) is 9.50 Å². The number of aromatic amines is 1. The van der Waals surface area contributed by atoms with Gasteiger partial charge in [-0.2, -0.15) is 0 Å². The van der Waals surface area contributed by atoms with Gasteiger partial charge >= 0.3 is 0 Å². The van der Waals surface area contributed by atoms with Crippen LogP contribution in [0.3, 0.4) is 0 Å². The zero-order chi connectivity index (χ0) is 18.3. The molecule has 0 atom stereocenters. The first-order valence-corrected chi connectivity index (χ1v) is 8.22. The summed E-state index contributed by atoms with van der Waals surface area (Å²) in [6.07, 6.45) is 1.22. The monoisotopic (exact) mass is 354 g/mol. The summed E-state index contributed by atoms with van der Waals surface area (Å²) >= 11 is 0. The van der Waals surface area contributed by atoms with Gasteiger partial charge in [-0.05, 0) is 19.1 Å². The first-order chi connectivity index (χ1) is 12.5. The zero-order valence-electron chi connectivity index (χ0n) is 14.4. The number of benzene rings is 1. The van der Waals surface area contributed by atoms with E-state index < -0.39 is 5.56 Å². The molecule has 0 saturated carbocycles. The van der Waals surface area contributed by atoms with Crippen molar-refractivity contribution < 1.29 is 14.3 Å². The molecular weight excluding hydrogens is 336 g/mol. The van der Waals surface area contributed by atoms with Crippen LogP contribution in [0.1, 0.15) is 16.1 Å². The Balaban J connectivity index is 1.44. The van der Waals surface area contributed by atoms with E-state index in [1.165, 1.54) is 10.7 Å². The molecule has 0 aliphatic carbocycles. The van der Waals surface area contributed by atoms with Gasteiger partial charge in [0, 0.05) is 24.0 Å². The summed E-state index contributed by atoms with van der Waals surface area (Å²) in [5, 5.41) is 2.88. The Kier molecular flexibility index (Phi) is 3.87. The molecule has 1 amide bonds. The zero-order valence-corrected chi connectivity index (χ0v) is 14.4. The molecule has 1 aliphatic heterocycles. The van der Waals surface area contributed by atoms with E-state index in [-0.39, 0.29) is 17.6 Å². The van der Waals surface area contributed by atoms with Gasteiger partial charge in [0.2, 0.25) is 0 Å². The molecular formula is C18H18N4O4. The number of aromatic nitrogens is 3. The van der Waals surface area contributed by atoms with E-state index in [1.807, 2.05) is 25.1 Å². The van der Waals surface area contributed by atoms with Gasteiger partial charge in [-0.3, -0.25) is 14.7 Å². The van der Waals surface area contributed by atoms with E-state index in [0.29, 0.717) is 30.2 Å². The summed E-state index contributed by atoms with van der Waals surface area (Å²) in [6, 6.07) is 9.06. The lowest BCUT2D eigenvalue weighted by Gasteiger charge is -2.38. The quantitative estimate of drug-likeness (QED) is 0.762. The van der Waals surface area contributed by atoms with E-state index in [9.17, 15) is 9.59 Å². The highest BCUT2D eigenvalue weighted by atomic mass is 16.5. The van der Waals surface area contributed by atoms with Crippen molar-refractivity contribution in [2.24, 2.45) is 0 Å². The third kappa shape index (κ3) is 2.79. The Morgan fingerprint density at radius 1 is 1.27 bits per heavy atom. The third-order valence-electron chi connectivity index (χ3n) is 4.33. The number of rotatable bonds is 4. The van der Waals surface area contributed by atoms with Crippen LogP contribution in [-0.4, -0.2) is 51.7 Å². The maximum Gasteiger partial charge on any atom is 0.285 e. The van der Waals surface area contributed by atoms with E-state index in [0.717, 1.165) is 5.69 Å². The minimum Gasteiger partial charge on any atom is -0.497 e. The van der Waals surface area contributed by atoms with Crippen molar-refractivity contribution >= 4 is 11.6 Å². The summed E-state index contributed by atoms with van der Waals surface area (Å²) in [7, 11) is 1.60. The Bertz CT molecular complexity index is 1030. The average Bonchev–Trinajstić information content (AvgIpc) is 2.99. The van der Waals surface area contributed by atoms with Gasteiger partial charge < -0.3 is 14.4 Å². The Labute approximate surface area is 149 Å². The predicted octanol–water partition coefficient (Wildman–Crippen LogP) is 1.24. The minimum absolute atomic E-state index is 0.0455. The number of likely N-dealkylation sites (tertiary alicyclic amines) is 1. The van der Waals surface area contributed by atoms with Crippen LogP contribution in [0, 0.1) is 6.92 Å². The molecule has 1 N–H and O–H groups in total. The summed E-state index contributed by atoms with van der Waals surface area (Å²) in [6.45, 7) is 2.66. The second kappa shape index (κ2) is 6.21. The summed E-state index contributed by atoms with van der Waals surface area (Å²) in [5.41, 5.74) is 0.941. The first-order valence-electron chi connectivity index (χ1n) is 8.22. The number of ether oxygens (including phenoxy) is 2. The van der Waals surface area contributed by atoms with Crippen LogP contribution in [0.15, 0.2) is 41.3 Å². The van der Waals surface area contributed by atoms with Crippen LogP contribution in [0.25, 0.3) is 5.65 Å².